The van der Waals surface area contributed by atoms with Gasteiger partial charge in [0.05, 0.1) is 0 Å². The van der Waals surface area contributed by atoms with Crippen molar-refractivity contribution in [1.29, 1.82) is 0 Å². The minimum Gasteiger partial charge on any atom is -0.326 e. The van der Waals surface area contributed by atoms with Gasteiger partial charge in [0.1, 0.15) is 0 Å². The van der Waals surface area contributed by atoms with Gasteiger partial charge in [-0.05, 0) is 36.1 Å². The molecule has 0 atom stereocenters. The van der Waals surface area contributed by atoms with E-state index in [9.17, 15) is 0 Å². The fraction of sp³-hybridized carbons (Fsp3) is 0.400. The van der Waals surface area contributed by atoms with E-state index in [1.807, 2.05) is 0 Å². The second kappa shape index (κ2) is 3.70. The van der Waals surface area contributed by atoms with Crippen molar-refractivity contribution >= 4 is 0 Å². The molecule has 66 valence electrons. The third-order valence-electron chi connectivity index (χ3n) is 2.29. The van der Waals surface area contributed by atoms with E-state index >= 15 is 0 Å². The van der Waals surface area contributed by atoms with Crippen LogP contribution in [0.5, 0.6) is 0 Å². The molecule has 0 saturated heterocycles. The maximum Gasteiger partial charge on any atom is 0.0180 e. The summed E-state index contributed by atoms with van der Waals surface area (Å²) in [5.74, 6) is 0. The second-order valence-corrected chi connectivity index (χ2v) is 3.11. The molecule has 0 saturated carbocycles. The average molecular weight is 164 g/mol. The minimum absolute atomic E-state index is 0.591. The maximum absolute atomic E-state index is 5.60. The van der Waals surface area contributed by atoms with Crippen molar-refractivity contribution < 1.29 is 0 Å². The van der Waals surface area contributed by atoms with E-state index in [1.54, 1.807) is 0 Å². The van der Waals surface area contributed by atoms with Gasteiger partial charge in [0.25, 0.3) is 0 Å². The molecule has 4 N–H and O–H groups in total. The minimum atomic E-state index is 0.591. The van der Waals surface area contributed by atoms with Crippen LogP contribution in [0.25, 0.3) is 0 Å². The van der Waals surface area contributed by atoms with Crippen molar-refractivity contribution in [1.82, 2.24) is 0 Å². The molecular weight excluding hydrogens is 148 g/mol. The Morgan fingerprint density at radius 1 is 1.08 bits per heavy atom. The standard InChI is InChI=1S/C10H16N2/c1-7-3-9(5-11)4-10(6-12)8(7)2/h3-4H,5-6,11-12H2,1-2H3. The molecule has 0 bridgehead atoms. The molecule has 1 aromatic carbocycles. The number of hydrogen-bond donors (Lipinski definition) is 2. The van der Waals surface area contributed by atoms with Gasteiger partial charge in [-0.1, -0.05) is 12.1 Å². The highest BCUT2D eigenvalue weighted by Gasteiger charge is 2.01. The second-order valence-electron chi connectivity index (χ2n) is 3.11. The first-order valence-electron chi connectivity index (χ1n) is 4.18. The van der Waals surface area contributed by atoms with Crippen LogP contribution in [-0.2, 0) is 13.1 Å². The van der Waals surface area contributed by atoms with E-state index in [-0.39, 0.29) is 0 Å². The van der Waals surface area contributed by atoms with Crippen molar-refractivity contribution in [3.05, 3.63) is 34.4 Å². The molecular formula is C10H16N2. The summed E-state index contributed by atoms with van der Waals surface area (Å²) in [5, 5.41) is 0. The summed E-state index contributed by atoms with van der Waals surface area (Å²) in [7, 11) is 0. The Balaban J connectivity index is 3.19. The van der Waals surface area contributed by atoms with Crippen molar-refractivity contribution in [2.75, 3.05) is 0 Å². The van der Waals surface area contributed by atoms with Crippen LogP contribution in [0, 0.1) is 13.8 Å². The van der Waals surface area contributed by atoms with E-state index < -0.39 is 0 Å². The summed E-state index contributed by atoms with van der Waals surface area (Å²) in [5.41, 5.74) is 16.1. The van der Waals surface area contributed by atoms with Crippen LogP contribution in [0.2, 0.25) is 0 Å². The first-order chi connectivity index (χ1) is 5.69. The SMILES string of the molecule is Cc1cc(CN)cc(CN)c1C. The molecule has 1 aromatic rings. The van der Waals surface area contributed by atoms with Crippen LogP contribution in [0.15, 0.2) is 12.1 Å². The van der Waals surface area contributed by atoms with E-state index in [2.05, 4.69) is 26.0 Å². The maximum atomic E-state index is 5.60. The van der Waals surface area contributed by atoms with Gasteiger partial charge in [-0.3, -0.25) is 0 Å². The first kappa shape index (κ1) is 9.23. The predicted octanol–water partition coefficient (Wildman–Crippen LogP) is 1.22. The van der Waals surface area contributed by atoms with Crippen LogP contribution in [0.1, 0.15) is 22.3 Å². The quantitative estimate of drug-likeness (QED) is 0.690. The van der Waals surface area contributed by atoms with E-state index in [4.69, 9.17) is 11.5 Å². The topological polar surface area (TPSA) is 52.0 Å². The molecule has 0 aromatic heterocycles. The number of nitrogens with two attached hydrogens (primary N) is 2. The summed E-state index contributed by atoms with van der Waals surface area (Å²) < 4.78 is 0. The van der Waals surface area contributed by atoms with Crippen LogP contribution in [0.3, 0.4) is 0 Å². The molecule has 1 rings (SSSR count). The zero-order valence-corrected chi connectivity index (χ0v) is 7.72. The number of benzene rings is 1. The molecule has 12 heavy (non-hydrogen) atoms. The van der Waals surface area contributed by atoms with Gasteiger partial charge < -0.3 is 11.5 Å². The Bertz CT molecular complexity index is 279. The lowest BCUT2D eigenvalue weighted by Crippen LogP contribution is -2.04. The van der Waals surface area contributed by atoms with Gasteiger partial charge >= 0.3 is 0 Å². The smallest absolute Gasteiger partial charge is 0.0180 e. The fourth-order valence-electron chi connectivity index (χ4n) is 1.34. The normalized spacial score (nSPS) is 10.3. The van der Waals surface area contributed by atoms with Crippen molar-refractivity contribution in [2.24, 2.45) is 11.5 Å². The lowest BCUT2D eigenvalue weighted by atomic mass is 10.00. The number of hydrogen-bond acceptors (Lipinski definition) is 2. The fourth-order valence-corrected chi connectivity index (χ4v) is 1.34. The van der Waals surface area contributed by atoms with Crippen molar-refractivity contribution in [2.45, 2.75) is 26.9 Å². The Labute approximate surface area is 73.6 Å². The third kappa shape index (κ3) is 1.65. The van der Waals surface area contributed by atoms with E-state index in [0.717, 1.165) is 0 Å². The van der Waals surface area contributed by atoms with Crippen LogP contribution in [0.4, 0.5) is 0 Å². The Kier molecular flexibility index (Phi) is 2.84. The summed E-state index contributed by atoms with van der Waals surface area (Å²) in [6.07, 6.45) is 0. The molecule has 0 aliphatic rings. The average Bonchev–Trinajstić information content (AvgIpc) is 2.09. The Hall–Kier alpha value is -0.860. The lowest BCUT2D eigenvalue weighted by molar-refractivity contribution is 1.00. The van der Waals surface area contributed by atoms with Crippen molar-refractivity contribution in [3.8, 4) is 0 Å². The first-order valence-corrected chi connectivity index (χ1v) is 4.18. The zero-order valence-electron chi connectivity index (χ0n) is 7.72. The molecule has 2 heteroatoms. The van der Waals surface area contributed by atoms with Gasteiger partial charge in [-0.2, -0.15) is 0 Å². The van der Waals surface area contributed by atoms with E-state index in [0.29, 0.717) is 13.1 Å². The summed E-state index contributed by atoms with van der Waals surface area (Å²) in [4.78, 5) is 0. The van der Waals surface area contributed by atoms with Crippen LogP contribution < -0.4 is 11.5 Å². The number of aryl methyl sites for hydroxylation is 1. The monoisotopic (exact) mass is 164 g/mol. The molecule has 0 radical (unpaired) electrons. The molecule has 0 aliphatic heterocycles. The zero-order chi connectivity index (χ0) is 9.14. The Morgan fingerprint density at radius 3 is 2.25 bits per heavy atom. The van der Waals surface area contributed by atoms with Gasteiger partial charge in [-0.15, -0.1) is 0 Å². The van der Waals surface area contributed by atoms with Gasteiger partial charge in [0, 0.05) is 13.1 Å². The Morgan fingerprint density at radius 2 is 1.75 bits per heavy atom. The summed E-state index contributed by atoms with van der Waals surface area (Å²) >= 11 is 0. The summed E-state index contributed by atoms with van der Waals surface area (Å²) in [6, 6.07) is 4.21. The molecule has 0 unspecified atom stereocenters. The molecule has 0 aliphatic carbocycles. The van der Waals surface area contributed by atoms with Gasteiger partial charge in [-0.25, -0.2) is 0 Å². The molecule has 0 heterocycles. The molecule has 0 fully saturated rings. The van der Waals surface area contributed by atoms with E-state index in [1.165, 1.54) is 22.3 Å². The number of rotatable bonds is 2. The summed E-state index contributed by atoms with van der Waals surface area (Å²) in [6.45, 7) is 5.38. The van der Waals surface area contributed by atoms with Gasteiger partial charge in [0.15, 0.2) is 0 Å². The predicted molar refractivity (Wildman–Crippen MR) is 51.7 cm³/mol. The largest absolute Gasteiger partial charge is 0.326 e. The van der Waals surface area contributed by atoms with Crippen LogP contribution in [-0.4, -0.2) is 0 Å². The highest BCUT2D eigenvalue weighted by Crippen LogP contribution is 2.15. The highest BCUT2D eigenvalue weighted by atomic mass is 14.5. The van der Waals surface area contributed by atoms with Crippen molar-refractivity contribution in [3.63, 3.8) is 0 Å². The molecule has 0 spiro atoms. The van der Waals surface area contributed by atoms with Gasteiger partial charge in [0.2, 0.25) is 0 Å². The lowest BCUT2D eigenvalue weighted by Gasteiger charge is -2.09. The molecule has 2 nitrogen and oxygen atoms in total. The highest BCUT2D eigenvalue weighted by molar-refractivity contribution is 5.37. The molecule has 0 amide bonds. The third-order valence-corrected chi connectivity index (χ3v) is 2.29. The van der Waals surface area contributed by atoms with Crippen LogP contribution >= 0.6 is 0 Å².